The second-order valence-corrected chi connectivity index (χ2v) is 4.59. The van der Waals surface area contributed by atoms with Crippen molar-refractivity contribution in [2.24, 2.45) is 0 Å². The number of benzene rings is 1. The number of carboxylic acid groups (broad SMARTS) is 1. The Morgan fingerprint density at radius 1 is 1.47 bits per heavy atom. The number of nitrogens with zero attached hydrogens (tertiary/aromatic N) is 3. The van der Waals surface area contributed by atoms with Crippen LogP contribution in [0.15, 0.2) is 24.5 Å². The van der Waals surface area contributed by atoms with Gasteiger partial charge in [-0.2, -0.15) is 5.10 Å². The minimum absolute atomic E-state index is 0.107. The van der Waals surface area contributed by atoms with Crippen LogP contribution in [-0.2, 0) is 0 Å². The lowest BCUT2D eigenvalue weighted by atomic mass is 10.2. The number of rotatable bonds is 2. The Hall–Kier alpha value is -2.34. The summed E-state index contributed by atoms with van der Waals surface area (Å²) >= 11 is 5.98. The predicted octanol–water partition coefficient (Wildman–Crippen LogP) is 2.41. The van der Waals surface area contributed by atoms with Crippen LogP contribution >= 0.6 is 11.6 Å². The van der Waals surface area contributed by atoms with Crippen LogP contribution in [0.1, 0.15) is 15.9 Å². The Morgan fingerprint density at radius 3 is 2.95 bits per heavy atom. The number of H-pyrrole nitrogens is 1. The minimum atomic E-state index is -1.03. The van der Waals surface area contributed by atoms with Crippen molar-refractivity contribution in [1.82, 2.24) is 19.7 Å². The fraction of sp³-hybridized carbons (Fsp3) is 0.0833. The highest BCUT2D eigenvalue weighted by atomic mass is 35.5. The monoisotopic (exact) mass is 276 g/mol. The van der Waals surface area contributed by atoms with E-state index in [1.807, 2.05) is 13.0 Å². The average molecular weight is 277 g/mol. The molecule has 0 aliphatic carbocycles. The number of imidazole rings is 1. The van der Waals surface area contributed by atoms with E-state index in [4.69, 9.17) is 16.7 Å². The van der Waals surface area contributed by atoms with Crippen LogP contribution in [0.4, 0.5) is 0 Å². The van der Waals surface area contributed by atoms with Gasteiger partial charge in [-0.1, -0.05) is 11.6 Å². The van der Waals surface area contributed by atoms with Crippen LogP contribution in [0.3, 0.4) is 0 Å². The second kappa shape index (κ2) is 4.10. The molecule has 0 spiro atoms. The molecule has 0 saturated carbocycles. The van der Waals surface area contributed by atoms with E-state index in [9.17, 15) is 4.79 Å². The van der Waals surface area contributed by atoms with E-state index in [2.05, 4.69) is 15.1 Å². The molecule has 3 aromatic rings. The fourth-order valence-corrected chi connectivity index (χ4v) is 2.16. The number of carboxylic acids is 1. The minimum Gasteiger partial charge on any atom is -0.478 e. The summed E-state index contributed by atoms with van der Waals surface area (Å²) in [6.45, 7) is 1.91. The number of nitrogens with one attached hydrogen (secondary N) is 1. The van der Waals surface area contributed by atoms with Crippen LogP contribution in [0, 0.1) is 6.92 Å². The van der Waals surface area contributed by atoms with Crippen LogP contribution in [0.25, 0.3) is 17.0 Å². The molecule has 0 bridgehead atoms. The molecule has 2 heterocycles. The number of aromatic amines is 1. The molecular weight excluding hydrogens is 268 g/mol. The van der Waals surface area contributed by atoms with Crippen LogP contribution in [0.2, 0.25) is 5.02 Å². The van der Waals surface area contributed by atoms with Gasteiger partial charge in [-0.05, 0) is 24.6 Å². The molecule has 0 atom stereocenters. The summed E-state index contributed by atoms with van der Waals surface area (Å²) in [6.07, 6.45) is 2.67. The maximum atomic E-state index is 10.8. The van der Waals surface area contributed by atoms with Gasteiger partial charge in [0.05, 0.1) is 22.8 Å². The van der Waals surface area contributed by atoms with Gasteiger partial charge in [-0.25, -0.2) is 14.5 Å². The van der Waals surface area contributed by atoms with E-state index < -0.39 is 5.97 Å². The highest BCUT2D eigenvalue weighted by Gasteiger charge is 2.11. The molecule has 96 valence electrons. The number of hydrogen-bond acceptors (Lipinski definition) is 3. The van der Waals surface area contributed by atoms with Crippen molar-refractivity contribution < 1.29 is 9.90 Å². The maximum absolute atomic E-state index is 10.8. The molecule has 0 aliphatic rings. The average Bonchev–Trinajstić information content (AvgIpc) is 2.92. The standard InChI is InChI=1S/C12H9ClN4O2/c1-6-2-8(13)3-9-10(6)16-12(15-9)17-5-7(4-14-17)11(18)19/h2-5H,1H3,(H,15,16)(H,18,19). The molecule has 0 aliphatic heterocycles. The topological polar surface area (TPSA) is 83.8 Å². The SMILES string of the molecule is Cc1cc(Cl)cc2[nH]c(-n3cc(C(=O)O)cn3)nc12. The van der Waals surface area contributed by atoms with E-state index >= 15 is 0 Å². The van der Waals surface area contributed by atoms with Crippen LogP contribution in [0.5, 0.6) is 0 Å². The number of aromatic nitrogens is 4. The Morgan fingerprint density at radius 2 is 2.26 bits per heavy atom. The summed E-state index contributed by atoms with van der Waals surface area (Å²) < 4.78 is 1.39. The Labute approximate surface area is 112 Å². The van der Waals surface area contributed by atoms with Crippen molar-refractivity contribution in [2.75, 3.05) is 0 Å². The first-order valence-electron chi connectivity index (χ1n) is 5.49. The lowest BCUT2D eigenvalue weighted by Crippen LogP contribution is -1.97. The maximum Gasteiger partial charge on any atom is 0.338 e. The first kappa shape index (κ1) is 11.7. The molecular formula is C12H9ClN4O2. The molecule has 3 rings (SSSR count). The van der Waals surface area contributed by atoms with Gasteiger partial charge >= 0.3 is 5.97 Å². The molecule has 0 radical (unpaired) electrons. The van der Waals surface area contributed by atoms with Crippen molar-refractivity contribution >= 4 is 28.6 Å². The first-order valence-corrected chi connectivity index (χ1v) is 5.86. The van der Waals surface area contributed by atoms with Gasteiger partial charge in [0.1, 0.15) is 0 Å². The number of aryl methyl sites for hydroxylation is 1. The summed E-state index contributed by atoms with van der Waals surface area (Å²) in [5, 5.41) is 13.4. The zero-order valence-electron chi connectivity index (χ0n) is 9.88. The van der Waals surface area contributed by atoms with Gasteiger partial charge in [-0.15, -0.1) is 0 Å². The van der Waals surface area contributed by atoms with Crippen molar-refractivity contribution in [1.29, 1.82) is 0 Å². The van der Waals surface area contributed by atoms with E-state index in [1.165, 1.54) is 17.1 Å². The fourth-order valence-electron chi connectivity index (χ4n) is 1.89. The van der Waals surface area contributed by atoms with Crippen LogP contribution < -0.4 is 0 Å². The highest BCUT2D eigenvalue weighted by Crippen LogP contribution is 2.22. The van der Waals surface area contributed by atoms with E-state index in [1.54, 1.807) is 6.07 Å². The quantitative estimate of drug-likeness (QED) is 0.753. The summed E-state index contributed by atoms with van der Waals surface area (Å²) in [4.78, 5) is 18.3. The molecule has 0 unspecified atom stereocenters. The summed E-state index contributed by atoms with van der Waals surface area (Å²) in [7, 11) is 0. The Kier molecular flexibility index (Phi) is 2.53. The zero-order chi connectivity index (χ0) is 13.6. The van der Waals surface area contributed by atoms with Crippen molar-refractivity contribution in [2.45, 2.75) is 6.92 Å². The zero-order valence-corrected chi connectivity index (χ0v) is 10.6. The summed E-state index contributed by atoms with van der Waals surface area (Å²) in [6, 6.07) is 3.59. The molecule has 7 heteroatoms. The molecule has 19 heavy (non-hydrogen) atoms. The normalized spacial score (nSPS) is 11.1. The Balaban J connectivity index is 2.14. The third-order valence-corrected chi connectivity index (χ3v) is 2.99. The molecule has 0 fully saturated rings. The molecule has 2 aromatic heterocycles. The third-order valence-electron chi connectivity index (χ3n) is 2.78. The first-order chi connectivity index (χ1) is 9.04. The van der Waals surface area contributed by atoms with Gasteiger partial charge in [0.25, 0.3) is 0 Å². The molecule has 0 saturated heterocycles. The molecule has 0 amide bonds. The van der Waals surface area contributed by atoms with Gasteiger partial charge in [0.2, 0.25) is 5.95 Å². The van der Waals surface area contributed by atoms with Gasteiger partial charge in [-0.3, -0.25) is 0 Å². The lowest BCUT2D eigenvalue weighted by Gasteiger charge is -1.94. The predicted molar refractivity (Wildman–Crippen MR) is 69.9 cm³/mol. The number of halogens is 1. The van der Waals surface area contributed by atoms with Crippen molar-refractivity contribution in [3.63, 3.8) is 0 Å². The van der Waals surface area contributed by atoms with Gasteiger partial charge < -0.3 is 10.1 Å². The molecule has 1 aromatic carbocycles. The number of aromatic carboxylic acids is 1. The molecule has 2 N–H and O–H groups in total. The molecule has 6 nitrogen and oxygen atoms in total. The Bertz CT molecular complexity index is 790. The van der Waals surface area contributed by atoms with Gasteiger partial charge in [0.15, 0.2) is 0 Å². The third kappa shape index (κ3) is 1.96. The summed E-state index contributed by atoms with van der Waals surface area (Å²) in [5.74, 6) is -0.575. The van der Waals surface area contributed by atoms with E-state index in [0.29, 0.717) is 11.0 Å². The van der Waals surface area contributed by atoms with E-state index in [-0.39, 0.29) is 5.56 Å². The lowest BCUT2D eigenvalue weighted by molar-refractivity contribution is 0.0697. The van der Waals surface area contributed by atoms with E-state index in [0.717, 1.165) is 16.6 Å². The number of carbonyl (C=O) groups is 1. The number of hydrogen-bond donors (Lipinski definition) is 2. The number of fused-ring (bicyclic) bond motifs is 1. The smallest absolute Gasteiger partial charge is 0.338 e. The van der Waals surface area contributed by atoms with Crippen molar-refractivity contribution in [3.05, 3.63) is 40.7 Å². The van der Waals surface area contributed by atoms with Crippen LogP contribution in [-0.4, -0.2) is 30.8 Å². The van der Waals surface area contributed by atoms with Gasteiger partial charge in [0, 0.05) is 11.2 Å². The van der Waals surface area contributed by atoms with Crippen molar-refractivity contribution in [3.8, 4) is 5.95 Å². The highest BCUT2D eigenvalue weighted by molar-refractivity contribution is 6.31. The summed E-state index contributed by atoms with van der Waals surface area (Å²) in [5.41, 5.74) is 2.62. The largest absolute Gasteiger partial charge is 0.478 e. The second-order valence-electron chi connectivity index (χ2n) is 4.16.